The lowest BCUT2D eigenvalue weighted by molar-refractivity contribution is 0.0827. The minimum atomic E-state index is 0. The first-order chi connectivity index (χ1) is 7.15. The molecular formula is C12H19ClN2O. The van der Waals surface area contributed by atoms with E-state index in [1.807, 2.05) is 24.3 Å². The van der Waals surface area contributed by atoms with Gasteiger partial charge in [0.1, 0.15) is 0 Å². The van der Waals surface area contributed by atoms with Gasteiger partial charge in [0.2, 0.25) is 0 Å². The Bertz CT molecular complexity index is 322. The highest BCUT2D eigenvalue weighted by Gasteiger charge is 2.06. The monoisotopic (exact) mass is 242 g/mol. The van der Waals surface area contributed by atoms with E-state index in [0.29, 0.717) is 0 Å². The predicted octanol–water partition coefficient (Wildman–Crippen LogP) is 1.92. The van der Waals surface area contributed by atoms with Gasteiger partial charge in [-0.2, -0.15) is 0 Å². The third-order valence-corrected chi connectivity index (χ3v) is 2.19. The van der Waals surface area contributed by atoms with Gasteiger partial charge in [-0.15, -0.1) is 12.4 Å². The van der Waals surface area contributed by atoms with Crippen LogP contribution in [0.15, 0.2) is 24.3 Å². The predicted molar refractivity (Wildman–Crippen MR) is 69.1 cm³/mol. The van der Waals surface area contributed by atoms with Crippen LogP contribution < -0.4 is 5.32 Å². The Hall–Kier alpha value is -1.06. The maximum absolute atomic E-state index is 11.6. The van der Waals surface area contributed by atoms with Gasteiger partial charge in [0.05, 0.1) is 0 Å². The molecular weight excluding hydrogens is 224 g/mol. The average molecular weight is 243 g/mol. The quantitative estimate of drug-likeness (QED) is 0.875. The molecule has 3 nitrogen and oxygen atoms in total. The fraction of sp³-hybridized carbons (Fsp3) is 0.417. The number of hydrogen-bond donors (Lipinski definition) is 1. The minimum Gasteiger partial charge on any atom is -0.345 e. The molecule has 90 valence electrons. The van der Waals surface area contributed by atoms with Gasteiger partial charge in [-0.3, -0.25) is 4.79 Å². The Labute approximate surface area is 103 Å². The average Bonchev–Trinajstić information content (AvgIpc) is 2.26. The fourth-order valence-corrected chi connectivity index (χ4v) is 1.29. The molecule has 0 aromatic heterocycles. The highest BCUT2D eigenvalue weighted by atomic mass is 35.5. The van der Waals surface area contributed by atoms with Crippen molar-refractivity contribution in [1.29, 1.82) is 0 Å². The number of amides is 1. The topological polar surface area (TPSA) is 32.3 Å². The molecule has 1 aromatic rings. The van der Waals surface area contributed by atoms with Crippen molar-refractivity contribution in [3.63, 3.8) is 0 Å². The molecule has 0 saturated carbocycles. The molecule has 4 heteroatoms. The first-order valence-electron chi connectivity index (χ1n) is 5.16. The van der Waals surface area contributed by atoms with Gasteiger partial charge in [-0.05, 0) is 24.2 Å². The van der Waals surface area contributed by atoms with Gasteiger partial charge in [-0.25, -0.2) is 0 Å². The molecule has 16 heavy (non-hydrogen) atoms. The number of rotatable bonds is 4. The largest absolute Gasteiger partial charge is 0.345 e. The summed E-state index contributed by atoms with van der Waals surface area (Å²) in [6.07, 6.45) is 0. The Balaban J connectivity index is 0.00000225. The van der Waals surface area contributed by atoms with E-state index in [0.717, 1.165) is 18.7 Å². The fourth-order valence-electron chi connectivity index (χ4n) is 1.29. The second-order valence-corrected chi connectivity index (χ2v) is 3.68. The zero-order valence-electron chi connectivity index (χ0n) is 9.99. The van der Waals surface area contributed by atoms with E-state index in [1.54, 1.807) is 19.0 Å². The van der Waals surface area contributed by atoms with Gasteiger partial charge in [0, 0.05) is 26.2 Å². The molecule has 0 saturated heterocycles. The standard InChI is InChI=1S/C12H18N2O.ClH/c1-4-13-9-10-5-7-11(8-6-10)12(15)14(2)3;/h5-8,13H,4,9H2,1-3H3;1H. The van der Waals surface area contributed by atoms with Crippen LogP contribution in [0.4, 0.5) is 0 Å². The van der Waals surface area contributed by atoms with Crippen molar-refractivity contribution in [2.75, 3.05) is 20.6 Å². The summed E-state index contributed by atoms with van der Waals surface area (Å²) in [5, 5.41) is 3.24. The van der Waals surface area contributed by atoms with Crippen molar-refractivity contribution in [1.82, 2.24) is 10.2 Å². The smallest absolute Gasteiger partial charge is 0.253 e. The number of nitrogens with one attached hydrogen (secondary N) is 1. The molecule has 0 heterocycles. The SMILES string of the molecule is CCNCc1ccc(C(=O)N(C)C)cc1.Cl. The summed E-state index contributed by atoms with van der Waals surface area (Å²) in [5.74, 6) is 0.0463. The number of carbonyl (C=O) groups excluding carboxylic acids is 1. The second-order valence-electron chi connectivity index (χ2n) is 3.68. The van der Waals surface area contributed by atoms with Gasteiger partial charge in [-0.1, -0.05) is 19.1 Å². The number of carbonyl (C=O) groups is 1. The van der Waals surface area contributed by atoms with Crippen molar-refractivity contribution < 1.29 is 4.79 Å². The molecule has 0 unspecified atom stereocenters. The van der Waals surface area contributed by atoms with Crippen LogP contribution in [-0.2, 0) is 6.54 Å². The molecule has 0 aliphatic carbocycles. The third kappa shape index (κ3) is 4.21. The van der Waals surface area contributed by atoms with Gasteiger partial charge in [0.15, 0.2) is 0 Å². The summed E-state index contributed by atoms with van der Waals surface area (Å²) in [4.78, 5) is 13.2. The van der Waals surface area contributed by atoms with E-state index < -0.39 is 0 Å². The molecule has 1 N–H and O–H groups in total. The highest BCUT2D eigenvalue weighted by Crippen LogP contribution is 2.06. The first-order valence-corrected chi connectivity index (χ1v) is 5.16. The number of hydrogen-bond acceptors (Lipinski definition) is 2. The molecule has 0 bridgehead atoms. The first kappa shape index (κ1) is 14.9. The normalized spacial score (nSPS) is 9.44. The van der Waals surface area contributed by atoms with Crippen LogP contribution in [-0.4, -0.2) is 31.4 Å². The summed E-state index contributed by atoms with van der Waals surface area (Å²) < 4.78 is 0. The maximum atomic E-state index is 11.6. The van der Waals surface area contributed by atoms with Crippen LogP contribution in [0.1, 0.15) is 22.8 Å². The molecule has 0 radical (unpaired) electrons. The third-order valence-electron chi connectivity index (χ3n) is 2.19. The van der Waals surface area contributed by atoms with Gasteiger partial charge in [0.25, 0.3) is 5.91 Å². The molecule has 0 aliphatic rings. The highest BCUT2D eigenvalue weighted by molar-refractivity contribution is 5.93. The van der Waals surface area contributed by atoms with E-state index in [1.165, 1.54) is 5.56 Å². The van der Waals surface area contributed by atoms with Crippen LogP contribution in [0, 0.1) is 0 Å². The summed E-state index contributed by atoms with van der Waals surface area (Å²) >= 11 is 0. The molecule has 0 fully saturated rings. The number of benzene rings is 1. The molecule has 1 aromatic carbocycles. The van der Waals surface area contributed by atoms with E-state index in [4.69, 9.17) is 0 Å². The molecule has 1 rings (SSSR count). The van der Waals surface area contributed by atoms with Crippen LogP contribution >= 0.6 is 12.4 Å². The molecule has 0 aliphatic heterocycles. The Morgan fingerprint density at radius 1 is 1.25 bits per heavy atom. The molecule has 0 atom stereocenters. The van der Waals surface area contributed by atoms with Crippen molar-refractivity contribution in [2.45, 2.75) is 13.5 Å². The molecule has 0 spiro atoms. The van der Waals surface area contributed by atoms with Crippen molar-refractivity contribution in [3.05, 3.63) is 35.4 Å². The minimum absolute atomic E-state index is 0. The van der Waals surface area contributed by atoms with Crippen LogP contribution in [0.3, 0.4) is 0 Å². The van der Waals surface area contributed by atoms with E-state index >= 15 is 0 Å². The van der Waals surface area contributed by atoms with E-state index in [2.05, 4.69) is 12.2 Å². The number of halogens is 1. The van der Waals surface area contributed by atoms with Gasteiger partial charge >= 0.3 is 0 Å². The Morgan fingerprint density at radius 3 is 2.25 bits per heavy atom. The van der Waals surface area contributed by atoms with E-state index in [9.17, 15) is 4.79 Å². The van der Waals surface area contributed by atoms with Gasteiger partial charge < -0.3 is 10.2 Å². The lowest BCUT2D eigenvalue weighted by atomic mass is 10.1. The Morgan fingerprint density at radius 2 is 1.81 bits per heavy atom. The lowest BCUT2D eigenvalue weighted by Crippen LogP contribution is -2.21. The molecule has 1 amide bonds. The number of nitrogens with zero attached hydrogens (tertiary/aromatic N) is 1. The summed E-state index contributed by atoms with van der Waals surface area (Å²) in [6, 6.07) is 7.71. The van der Waals surface area contributed by atoms with Crippen LogP contribution in [0.5, 0.6) is 0 Å². The zero-order valence-corrected chi connectivity index (χ0v) is 10.8. The maximum Gasteiger partial charge on any atom is 0.253 e. The lowest BCUT2D eigenvalue weighted by Gasteiger charge is -2.10. The van der Waals surface area contributed by atoms with Crippen molar-refractivity contribution in [3.8, 4) is 0 Å². The van der Waals surface area contributed by atoms with E-state index in [-0.39, 0.29) is 18.3 Å². The summed E-state index contributed by atoms with van der Waals surface area (Å²) in [5.41, 5.74) is 1.94. The Kier molecular flexibility index (Phi) is 6.77. The van der Waals surface area contributed by atoms with Crippen molar-refractivity contribution >= 4 is 18.3 Å². The second kappa shape index (κ2) is 7.25. The van der Waals surface area contributed by atoms with Crippen molar-refractivity contribution in [2.24, 2.45) is 0 Å². The summed E-state index contributed by atoms with van der Waals surface area (Å²) in [6.45, 7) is 3.88. The van der Waals surface area contributed by atoms with Crippen LogP contribution in [0.2, 0.25) is 0 Å². The summed E-state index contributed by atoms with van der Waals surface area (Å²) in [7, 11) is 3.52. The zero-order chi connectivity index (χ0) is 11.3. The van der Waals surface area contributed by atoms with Crippen LogP contribution in [0.25, 0.3) is 0 Å².